The van der Waals surface area contributed by atoms with Gasteiger partial charge in [-0.3, -0.25) is 14.4 Å². The first kappa shape index (κ1) is 71.8. The fourth-order valence-electron chi connectivity index (χ4n) is 9.31. The van der Waals surface area contributed by atoms with Gasteiger partial charge in [-0.05, 0) is 109 Å². The van der Waals surface area contributed by atoms with Gasteiger partial charge in [0.2, 0.25) is 0 Å². The lowest BCUT2D eigenvalue weighted by molar-refractivity contribution is -0.167. The molecule has 0 spiro atoms. The molecule has 0 fully saturated rings. The molecule has 0 aliphatic rings. The van der Waals surface area contributed by atoms with Gasteiger partial charge in [0.05, 0.1) is 0 Å². The second kappa shape index (κ2) is 63.4. The van der Waals surface area contributed by atoms with E-state index in [1.165, 1.54) is 199 Å². The van der Waals surface area contributed by atoms with E-state index in [1.807, 2.05) is 0 Å². The van der Waals surface area contributed by atoms with E-state index >= 15 is 0 Å². The minimum Gasteiger partial charge on any atom is -0.462 e. The van der Waals surface area contributed by atoms with Crippen LogP contribution in [0.2, 0.25) is 0 Å². The molecule has 0 aromatic carbocycles. The molecule has 0 rings (SSSR count). The number of unbranched alkanes of at least 4 members (excludes halogenated alkanes) is 36. The van der Waals surface area contributed by atoms with Crippen LogP contribution in [0.4, 0.5) is 0 Å². The van der Waals surface area contributed by atoms with E-state index in [2.05, 4.69) is 93.7 Å². The van der Waals surface area contributed by atoms with E-state index in [-0.39, 0.29) is 31.1 Å². The molecule has 1 unspecified atom stereocenters. The quantitative estimate of drug-likeness (QED) is 0.0261. The molecule has 0 N–H and O–H groups in total. The van der Waals surface area contributed by atoms with Crippen LogP contribution in [0, 0.1) is 0 Å². The zero-order valence-electron chi connectivity index (χ0n) is 49.8. The monoisotopic (exact) mass is 1050 g/mol. The maximum Gasteiger partial charge on any atom is 0.306 e. The molecule has 0 aromatic heterocycles. The van der Waals surface area contributed by atoms with Crippen LogP contribution in [0.1, 0.15) is 329 Å². The lowest BCUT2D eigenvalue weighted by Crippen LogP contribution is -2.30. The van der Waals surface area contributed by atoms with E-state index in [1.54, 1.807) is 0 Å². The van der Waals surface area contributed by atoms with E-state index in [0.717, 1.165) is 89.9 Å². The minimum absolute atomic E-state index is 0.0774. The molecule has 0 aliphatic carbocycles. The Hall–Kier alpha value is -3.15. The van der Waals surface area contributed by atoms with Crippen molar-refractivity contribution in [1.82, 2.24) is 0 Å². The van der Waals surface area contributed by atoms with Crippen molar-refractivity contribution in [2.45, 2.75) is 335 Å². The zero-order chi connectivity index (χ0) is 54.3. The first-order valence-corrected chi connectivity index (χ1v) is 32.4. The smallest absolute Gasteiger partial charge is 0.306 e. The van der Waals surface area contributed by atoms with Crippen LogP contribution in [0.5, 0.6) is 0 Å². The number of carbonyl (C=O) groups is 3. The van der Waals surface area contributed by atoms with Crippen LogP contribution in [-0.2, 0) is 28.6 Å². The maximum atomic E-state index is 12.9. The molecular weight excluding hydrogens is 925 g/mol. The predicted octanol–water partition coefficient (Wildman–Crippen LogP) is 22.1. The van der Waals surface area contributed by atoms with Gasteiger partial charge in [-0.25, -0.2) is 0 Å². The fourth-order valence-corrected chi connectivity index (χ4v) is 9.31. The normalized spacial score (nSPS) is 12.5. The molecule has 434 valence electrons. The third-order valence-electron chi connectivity index (χ3n) is 14.2. The highest BCUT2D eigenvalue weighted by Crippen LogP contribution is 2.17. The van der Waals surface area contributed by atoms with E-state index in [4.69, 9.17) is 14.2 Å². The SMILES string of the molecule is CC/C=C\C/C=C\C/C=C\C/C=C\CCCCCCCCCCCCCCCCC(=O)OCC(COC(=O)CCCCCCC/C=C\CCCCCC)OC(=O)CCCCCCCCC/C=C\CCCCCCCC. The Morgan fingerprint density at radius 2 is 0.520 bits per heavy atom. The highest BCUT2D eigenvalue weighted by molar-refractivity contribution is 5.71. The highest BCUT2D eigenvalue weighted by Gasteiger charge is 2.19. The Morgan fingerprint density at radius 1 is 0.280 bits per heavy atom. The third kappa shape index (κ3) is 61.6. The van der Waals surface area contributed by atoms with Gasteiger partial charge in [0.15, 0.2) is 6.10 Å². The lowest BCUT2D eigenvalue weighted by atomic mass is 10.0. The summed E-state index contributed by atoms with van der Waals surface area (Å²) in [5, 5.41) is 0. The zero-order valence-corrected chi connectivity index (χ0v) is 49.8. The summed E-state index contributed by atoms with van der Waals surface area (Å²) in [5.41, 5.74) is 0. The summed E-state index contributed by atoms with van der Waals surface area (Å²) in [6, 6.07) is 0. The Bertz CT molecular complexity index is 1390. The Labute approximate surface area is 465 Å². The second-order valence-corrected chi connectivity index (χ2v) is 21.6. The largest absolute Gasteiger partial charge is 0.462 e. The Kier molecular flexibility index (Phi) is 60.7. The van der Waals surface area contributed by atoms with Crippen molar-refractivity contribution in [2.24, 2.45) is 0 Å². The summed E-state index contributed by atoms with van der Waals surface area (Å²) in [6.45, 7) is 6.53. The van der Waals surface area contributed by atoms with Crippen molar-refractivity contribution in [2.75, 3.05) is 13.2 Å². The molecule has 0 radical (unpaired) electrons. The van der Waals surface area contributed by atoms with Crippen molar-refractivity contribution >= 4 is 17.9 Å². The maximum absolute atomic E-state index is 12.9. The van der Waals surface area contributed by atoms with Gasteiger partial charge in [-0.1, -0.05) is 273 Å². The Balaban J connectivity index is 4.26. The molecule has 0 saturated carbocycles. The number of esters is 3. The van der Waals surface area contributed by atoms with E-state index < -0.39 is 6.10 Å². The first-order valence-electron chi connectivity index (χ1n) is 32.4. The third-order valence-corrected chi connectivity index (χ3v) is 14.2. The molecule has 0 aromatic rings. The van der Waals surface area contributed by atoms with Gasteiger partial charge in [-0.2, -0.15) is 0 Å². The molecular formula is C69H122O6. The fraction of sp³-hybridized carbons (Fsp3) is 0.783. The van der Waals surface area contributed by atoms with Crippen molar-refractivity contribution in [3.05, 3.63) is 72.9 Å². The summed E-state index contributed by atoms with van der Waals surface area (Å²) < 4.78 is 16.9. The lowest BCUT2D eigenvalue weighted by Gasteiger charge is -2.18. The van der Waals surface area contributed by atoms with Gasteiger partial charge in [0.25, 0.3) is 0 Å². The van der Waals surface area contributed by atoms with Gasteiger partial charge in [0.1, 0.15) is 13.2 Å². The predicted molar refractivity (Wildman–Crippen MR) is 325 cm³/mol. The average Bonchev–Trinajstić information content (AvgIpc) is 3.41. The molecule has 0 bridgehead atoms. The molecule has 6 nitrogen and oxygen atoms in total. The van der Waals surface area contributed by atoms with Crippen molar-refractivity contribution in [3.63, 3.8) is 0 Å². The topological polar surface area (TPSA) is 78.9 Å². The van der Waals surface area contributed by atoms with Crippen LogP contribution < -0.4 is 0 Å². The highest BCUT2D eigenvalue weighted by atomic mass is 16.6. The standard InChI is InChI=1S/C69H122O6/c1-4-7-10-13-16-19-22-25-27-29-30-31-32-33-34-35-36-37-38-40-41-44-47-50-53-56-59-62-68(71)74-65-66(64-73-67(70)61-58-55-52-49-46-43-24-21-18-15-12-9-6-3)75-69(72)63-60-57-54-51-48-45-42-39-28-26-23-20-17-14-11-8-5-2/h7,10,16,19,21,24-28,30-31,66H,4-6,8-9,11-15,17-18,20,22-23,29,32-65H2,1-3H3/b10-7-,19-16-,24-21-,27-25-,28-26-,31-30-. The molecule has 0 saturated heterocycles. The number of carbonyl (C=O) groups excluding carboxylic acids is 3. The average molecular weight is 1050 g/mol. The number of hydrogen-bond acceptors (Lipinski definition) is 6. The van der Waals surface area contributed by atoms with Crippen LogP contribution in [-0.4, -0.2) is 37.2 Å². The Morgan fingerprint density at radius 3 is 0.840 bits per heavy atom. The second-order valence-electron chi connectivity index (χ2n) is 21.6. The number of rotatable bonds is 59. The van der Waals surface area contributed by atoms with Gasteiger partial charge < -0.3 is 14.2 Å². The van der Waals surface area contributed by atoms with Crippen molar-refractivity contribution in [3.8, 4) is 0 Å². The van der Waals surface area contributed by atoms with Crippen molar-refractivity contribution in [1.29, 1.82) is 0 Å². The number of allylic oxidation sites excluding steroid dienone is 12. The van der Waals surface area contributed by atoms with E-state index in [9.17, 15) is 14.4 Å². The van der Waals surface area contributed by atoms with Gasteiger partial charge in [-0.15, -0.1) is 0 Å². The molecule has 75 heavy (non-hydrogen) atoms. The molecule has 0 heterocycles. The summed E-state index contributed by atoms with van der Waals surface area (Å²) in [5.74, 6) is -0.876. The summed E-state index contributed by atoms with van der Waals surface area (Å²) in [4.78, 5) is 38.3. The van der Waals surface area contributed by atoms with Crippen LogP contribution >= 0.6 is 0 Å². The van der Waals surface area contributed by atoms with Crippen molar-refractivity contribution < 1.29 is 28.6 Å². The minimum atomic E-state index is -0.781. The van der Waals surface area contributed by atoms with Crippen LogP contribution in [0.15, 0.2) is 72.9 Å². The summed E-state index contributed by atoms with van der Waals surface area (Å²) >= 11 is 0. The van der Waals surface area contributed by atoms with Gasteiger partial charge in [0, 0.05) is 19.3 Å². The molecule has 0 aliphatic heterocycles. The van der Waals surface area contributed by atoms with Gasteiger partial charge >= 0.3 is 17.9 Å². The number of ether oxygens (including phenoxy) is 3. The van der Waals surface area contributed by atoms with Crippen LogP contribution in [0.25, 0.3) is 0 Å². The summed E-state index contributed by atoms with van der Waals surface area (Å²) in [7, 11) is 0. The summed E-state index contributed by atoms with van der Waals surface area (Å²) in [6.07, 6.45) is 82.0. The first-order chi connectivity index (χ1) is 37.0. The van der Waals surface area contributed by atoms with E-state index in [0.29, 0.717) is 19.3 Å². The molecule has 6 heteroatoms. The molecule has 1 atom stereocenters. The molecule has 0 amide bonds. The number of hydrogen-bond donors (Lipinski definition) is 0. The van der Waals surface area contributed by atoms with Crippen LogP contribution in [0.3, 0.4) is 0 Å².